The van der Waals surface area contributed by atoms with E-state index in [2.05, 4.69) is 5.10 Å². The molecule has 0 radical (unpaired) electrons. The molecule has 0 aliphatic carbocycles. The molecule has 0 N–H and O–H groups in total. The Bertz CT molecular complexity index is 474. The van der Waals surface area contributed by atoms with Crippen molar-refractivity contribution in [3.05, 3.63) is 6.07 Å². The molecule has 1 aliphatic heterocycles. The van der Waals surface area contributed by atoms with Crippen LogP contribution >= 0.6 is 0 Å². The molecule has 0 saturated carbocycles. The van der Waals surface area contributed by atoms with Crippen molar-refractivity contribution in [2.24, 2.45) is 0 Å². The van der Waals surface area contributed by atoms with E-state index in [4.69, 9.17) is 9.47 Å². The second kappa shape index (κ2) is 4.75. The van der Waals surface area contributed by atoms with Crippen molar-refractivity contribution in [3.8, 4) is 5.88 Å². The van der Waals surface area contributed by atoms with E-state index >= 15 is 0 Å². The lowest BCUT2D eigenvalue weighted by molar-refractivity contribution is 0.0584. The maximum Gasteiger partial charge on any atom is 0.416 e. The van der Waals surface area contributed by atoms with Gasteiger partial charge >= 0.3 is 6.09 Å². The van der Waals surface area contributed by atoms with Crippen molar-refractivity contribution in [2.75, 3.05) is 11.4 Å². The number of amides is 1. The minimum Gasteiger partial charge on any atom is -0.474 e. The van der Waals surface area contributed by atoms with Gasteiger partial charge in [-0.2, -0.15) is 0 Å². The van der Waals surface area contributed by atoms with Gasteiger partial charge in [-0.05, 0) is 34.6 Å². The molecule has 6 nitrogen and oxygen atoms in total. The highest BCUT2D eigenvalue weighted by molar-refractivity contribution is 5.87. The number of carbonyl (C=O) groups excluding carboxylic acids is 1. The smallest absolute Gasteiger partial charge is 0.416 e. The maximum atomic E-state index is 12.1. The standard InChI is InChI=1S/C13H21N3O3/c1-9(2)18-10-8-11-15(6-7-16(11)14-10)12(17)19-13(3,4)5/h8-9H,6-7H2,1-5H3. The average molecular weight is 267 g/mol. The molecule has 106 valence electrons. The minimum absolute atomic E-state index is 0.0607. The summed E-state index contributed by atoms with van der Waals surface area (Å²) in [6, 6.07) is 1.77. The second-order valence-electron chi connectivity index (χ2n) is 5.86. The number of carbonyl (C=O) groups is 1. The van der Waals surface area contributed by atoms with Gasteiger partial charge in [-0.3, -0.25) is 4.90 Å². The van der Waals surface area contributed by atoms with Gasteiger partial charge in [-0.15, -0.1) is 5.10 Å². The highest BCUT2D eigenvalue weighted by Crippen LogP contribution is 2.27. The van der Waals surface area contributed by atoms with Crippen LogP contribution in [0, 0.1) is 0 Å². The van der Waals surface area contributed by atoms with Gasteiger partial charge < -0.3 is 9.47 Å². The molecule has 1 aromatic rings. The Balaban J connectivity index is 2.12. The number of hydrogen-bond acceptors (Lipinski definition) is 4. The molecule has 1 aliphatic rings. The molecule has 0 unspecified atom stereocenters. The lowest BCUT2D eigenvalue weighted by Crippen LogP contribution is -2.35. The molecule has 0 bridgehead atoms. The number of aromatic nitrogens is 2. The van der Waals surface area contributed by atoms with Crippen molar-refractivity contribution < 1.29 is 14.3 Å². The highest BCUT2D eigenvalue weighted by atomic mass is 16.6. The average Bonchev–Trinajstić information content (AvgIpc) is 2.71. The molecule has 19 heavy (non-hydrogen) atoms. The van der Waals surface area contributed by atoms with Crippen LogP contribution in [0.3, 0.4) is 0 Å². The van der Waals surface area contributed by atoms with E-state index in [-0.39, 0.29) is 12.2 Å². The fourth-order valence-electron chi connectivity index (χ4n) is 1.88. The molecule has 0 aromatic carbocycles. The molecule has 0 spiro atoms. The van der Waals surface area contributed by atoms with E-state index in [0.717, 1.165) is 5.82 Å². The summed E-state index contributed by atoms with van der Waals surface area (Å²) in [5.41, 5.74) is -0.498. The summed E-state index contributed by atoms with van der Waals surface area (Å²) >= 11 is 0. The second-order valence-corrected chi connectivity index (χ2v) is 5.86. The van der Waals surface area contributed by atoms with Crippen molar-refractivity contribution >= 4 is 11.9 Å². The van der Waals surface area contributed by atoms with Crippen LogP contribution in [-0.4, -0.2) is 34.1 Å². The lowest BCUT2D eigenvalue weighted by Gasteiger charge is -2.23. The van der Waals surface area contributed by atoms with E-state index in [1.54, 1.807) is 15.6 Å². The van der Waals surface area contributed by atoms with E-state index < -0.39 is 5.60 Å². The minimum atomic E-state index is -0.498. The number of nitrogens with zero attached hydrogens (tertiary/aromatic N) is 3. The molecule has 1 aromatic heterocycles. The summed E-state index contributed by atoms with van der Waals surface area (Å²) in [5, 5.41) is 4.31. The van der Waals surface area contributed by atoms with Crippen LogP contribution in [-0.2, 0) is 11.3 Å². The predicted molar refractivity (Wildman–Crippen MR) is 71.6 cm³/mol. The molecular weight excluding hydrogens is 246 g/mol. The Labute approximate surface area is 113 Å². The molecule has 0 fully saturated rings. The van der Waals surface area contributed by atoms with Crippen LogP contribution < -0.4 is 9.64 Å². The Kier molecular flexibility index (Phi) is 3.43. The molecule has 0 saturated heterocycles. The van der Waals surface area contributed by atoms with E-state index in [0.29, 0.717) is 19.0 Å². The van der Waals surface area contributed by atoms with Gasteiger partial charge in [-0.25, -0.2) is 9.48 Å². The summed E-state index contributed by atoms with van der Waals surface area (Å²) in [7, 11) is 0. The highest BCUT2D eigenvalue weighted by Gasteiger charge is 2.30. The van der Waals surface area contributed by atoms with Gasteiger partial charge in [0, 0.05) is 6.07 Å². The summed E-state index contributed by atoms with van der Waals surface area (Å²) in [6.07, 6.45) is -0.284. The fraction of sp³-hybridized carbons (Fsp3) is 0.692. The van der Waals surface area contributed by atoms with E-state index in [1.807, 2.05) is 34.6 Å². The Morgan fingerprint density at radius 3 is 2.63 bits per heavy atom. The number of rotatable bonds is 2. The first-order chi connectivity index (χ1) is 8.76. The summed E-state index contributed by atoms with van der Waals surface area (Å²) in [6.45, 7) is 10.7. The van der Waals surface area contributed by atoms with Gasteiger partial charge in [0.15, 0.2) is 0 Å². The number of fused-ring (bicyclic) bond motifs is 1. The Hall–Kier alpha value is -1.72. The summed E-state index contributed by atoms with van der Waals surface area (Å²) in [5.74, 6) is 1.27. The Morgan fingerprint density at radius 2 is 2.05 bits per heavy atom. The zero-order chi connectivity index (χ0) is 14.2. The summed E-state index contributed by atoms with van der Waals surface area (Å²) in [4.78, 5) is 13.7. The van der Waals surface area contributed by atoms with E-state index in [9.17, 15) is 4.79 Å². The number of hydrogen-bond donors (Lipinski definition) is 0. The molecular formula is C13H21N3O3. The number of anilines is 1. The zero-order valence-corrected chi connectivity index (χ0v) is 12.1. The van der Waals surface area contributed by atoms with Crippen LogP contribution in [0.25, 0.3) is 0 Å². The largest absolute Gasteiger partial charge is 0.474 e. The third-order valence-corrected chi connectivity index (χ3v) is 2.52. The third kappa shape index (κ3) is 3.19. The van der Waals surface area contributed by atoms with E-state index in [1.165, 1.54) is 0 Å². The van der Waals surface area contributed by atoms with Crippen molar-refractivity contribution in [3.63, 3.8) is 0 Å². The molecule has 0 atom stereocenters. The Morgan fingerprint density at radius 1 is 1.37 bits per heavy atom. The first-order valence-electron chi connectivity index (χ1n) is 6.51. The number of ether oxygens (including phenoxy) is 2. The molecule has 1 amide bonds. The third-order valence-electron chi connectivity index (χ3n) is 2.52. The van der Waals surface area contributed by atoms with Gasteiger partial charge in [0.2, 0.25) is 5.88 Å². The first kappa shape index (κ1) is 13.7. The quantitative estimate of drug-likeness (QED) is 0.825. The fourth-order valence-corrected chi connectivity index (χ4v) is 1.88. The normalized spacial score (nSPS) is 14.7. The molecule has 2 rings (SSSR count). The van der Waals surface area contributed by atoms with Crippen molar-refractivity contribution in [2.45, 2.75) is 52.9 Å². The van der Waals surface area contributed by atoms with Gasteiger partial charge in [0.25, 0.3) is 0 Å². The lowest BCUT2D eigenvalue weighted by atomic mass is 10.2. The van der Waals surface area contributed by atoms with Crippen molar-refractivity contribution in [1.29, 1.82) is 0 Å². The molecule has 6 heteroatoms. The van der Waals surface area contributed by atoms with Crippen molar-refractivity contribution in [1.82, 2.24) is 9.78 Å². The van der Waals surface area contributed by atoms with Gasteiger partial charge in [0.1, 0.15) is 11.4 Å². The molecule has 2 heterocycles. The predicted octanol–water partition coefficient (Wildman–Crippen LogP) is 2.43. The van der Waals surface area contributed by atoms with Gasteiger partial charge in [-0.1, -0.05) is 0 Å². The topological polar surface area (TPSA) is 56.6 Å². The van der Waals surface area contributed by atoms with Crippen LogP contribution in [0.4, 0.5) is 10.6 Å². The van der Waals surface area contributed by atoms with Crippen LogP contribution in [0.5, 0.6) is 5.88 Å². The van der Waals surface area contributed by atoms with Crippen LogP contribution in [0.1, 0.15) is 34.6 Å². The summed E-state index contributed by atoms with van der Waals surface area (Å²) < 4.78 is 12.7. The first-order valence-corrected chi connectivity index (χ1v) is 6.51. The van der Waals surface area contributed by atoms with Crippen LogP contribution in [0.15, 0.2) is 6.07 Å². The monoisotopic (exact) mass is 267 g/mol. The SMILES string of the molecule is CC(C)Oc1cc2n(n1)CCN2C(=O)OC(C)(C)C. The maximum absolute atomic E-state index is 12.1. The van der Waals surface area contributed by atoms with Crippen LogP contribution in [0.2, 0.25) is 0 Å². The zero-order valence-electron chi connectivity index (χ0n) is 12.1. The van der Waals surface area contributed by atoms with Gasteiger partial charge in [0.05, 0.1) is 19.2 Å².